The average Bonchev–Trinajstić information content (AvgIpc) is 2.54. The highest BCUT2D eigenvalue weighted by Gasteiger charge is 2.07. The van der Waals surface area contributed by atoms with Gasteiger partial charge in [0, 0.05) is 29.7 Å². The van der Waals surface area contributed by atoms with Gasteiger partial charge < -0.3 is 0 Å². The number of aromatic nitrogens is 2. The van der Waals surface area contributed by atoms with Gasteiger partial charge in [0.05, 0.1) is 0 Å². The lowest BCUT2D eigenvalue weighted by Crippen LogP contribution is -1.98. The predicted molar refractivity (Wildman–Crippen MR) is 81.3 cm³/mol. The number of pyridine rings is 2. The summed E-state index contributed by atoms with van der Waals surface area (Å²) in [6.45, 7) is 0. The van der Waals surface area contributed by atoms with Gasteiger partial charge in [-0.3, -0.25) is 4.98 Å². The van der Waals surface area contributed by atoms with Gasteiger partial charge in [0.2, 0.25) is 5.95 Å². The van der Waals surface area contributed by atoms with Crippen LogP contribution in [-0.4, -0.2) is 9.97 Å². The Balaban J connectivity index is 1.86. The fourth-order valence-corrected chi connectivity index (χ4v) is 2.38. The monoisotopic (exact) mass is 278 g/mol. The molecule has 104 valence electrons. The Kier molecular flexibility index (Phi) is 4.01. The average molecular weight is 278 g/mol. The minimum atomic E-state index is -0.467. The first-order chi connectivity index (χ1) is 10.3. The number of hydrogen-bond donors (Lipinski definition) is 0. The van der Waals surface area contributed by atoms with Gasteiger partial charge in [0.1, 0.15) is 0 Å². The number of hydrogen-bond acceptors (Lipinski definition) is 2. The molecule has 0 N–H and O–H groups in total. The van der Waals surface area contributed by atoms with Crippen molar-refractivity contribution in [1.82, 2.24) is 9.97 Å². The molecule has 0 aliphatic carbocycles. The van der Waals surface area contributed by atoms with E-state index in [4.69, 9.17) is 0 Å². The van der Waals surface area contributed by atoms with Crippen LogP contribution in [0.5, 0.6) is 0 Å². The van der Waals surface area contributed by atoms with Crippen LogP contribution in [0.4, 0.5) is 4.39 Å². The highest BCUT2D eigenvalue weighted by Crippen LogP contribution is 2.23. The fraction of sp³-hybridized carbons (Fsp3) is 0.111. The summed E-state index contributed by atoms with van der Waals surface area (Å²) in [6.07, 6.45) is 5.00. The van der Waals surface area contributed by atoms with E-state index in [0.717, 1.165) is 29.7 Å². The molecule has 21 heavy (non-hydrogen) atoms. The Morgan fingerprint density at radius 2 is 1.67 bits per heavy atom. The van der Waals surface area contributed by atoms with Crippen molar-refractivity contribution in [3.8, 4) is 11.1 Å². The van der Waals surface area contributed by atoms with E-state index in [1.807, 2.05) is 36.4 Å². The zero-order valence-corrected chi connectivity index (χ0v) is 11.5. The molecule has 3 heteroatoms. The maximum Gasteiger partial charge on any atom is 0.213 e. The molecule has 0 atom stereocenters. The third-order valence-electron chi connectivity index (χ3n) is 3.42. The number of nitrogens with zero attached hydrogens (tertiary/aromatic N) is 2. The molecule has 0 radical (unpaired) electrons. The number of benzene rings is 1. The summed E-state index contributed by atoms with van der Waals surface area (Å²) in [5, 5.41) is 0. The van der Waals surface area contributed by atoms with Gasteiger partial charge in [-0.2, -0.15) is 4.39 Å². The summed E-state index contributed by atoms with van der Waals surface area (Å²) in [7, 11) is 0. The van der Waals surface area contributed by atoms with Crippen molar-refractivity contribution in [3.05, 3.63) is 84.2 Å². The topological polar surface area (TPSA) is 25.8 Å². The van der Waals surface area contributed by atoms with Gasteiger partial charge in [0.15, 0.2) is 0 Å². The molecular weight excluding hydrogens is 263 g/mol. The zero-order chi connectivity index (χ0) is 14.5. The van der Waals surface area contributed by atoms with Gasteiger partial charge >= 0.3 is 0 Å². The lowest BCUT2D eigenvalue weighted by molar-refractivity contribution is 0.584. The van der Waals surface area contributed by atoms with Gasteiger partial charge in [-0.15, -0.1) is 0 Å². The molecule has 2 heterocycles. The first-order valence-corrected chi connectivity index (χ1v) is 6.93. The Labute approximate surface area is 123 Å². The van der Waals surface area contributed by atoms with E-state index >= 15 is 0 Å². The van der Waals surface area contributed by atoms with Gasteiger partial charge in [-0.05, 0) is 36.1 Å². The lowest BCUT2D eigenvalue weighted by Gasteiger charge is -2.08. The summed E-state index contributed by atoms with van der Waals surface area (Å²) in [5.41, 5.74) is 4.04. The molecule has 3 aromatic rings. The quantitative estimate of drug-likeness (QED) is 0.672. The van der Waals surface area contributed by atoms with Crippen molar-refractivity contribution in [2.24, 2.45) is 0 Å². The van der Waals surface area contributed by atoms with Crippen LogP contribution < -0.4 is 0 Å². The first-order valence-electron chi connectivity index (χ1n) is 6.93. The molecule has 3 rings (SSSR count). The highest BCUT2D eigenvalue weighted by atomic mass is 19.1. The largest absolute Gasteiger partial charge is 0.261 e. The summed E-state index contributed by atoms with van der Waals surface area (Å²) in [4.78, 5) is 8.06. The van der Waals surface area contributed by atoms with E-state index in [9.17, 15) is 4.39 Å². The van der Waals surface area contributed by atoms with Crippen LogP contribution in [0.15, 0.2) is 67.0 Å². The van der Waals surface area contributed by atoms with Crippen LogP contribution in [0.3, 0.4) is 0 Å². The normalized spacial score (nSPS) is 10.5. The van der Waals surface area contributed by atoms with E-state index in [2.05, 4.69) is 22.1 Å². The van der Waals surface area contributed by atoms with E-state index in [0.29, 0.717) is 0 Å². The number of rotatable bonds is 4. The molecule has 0 spiro atoms. The molecule has 0 bridgehead atoms. The van der Waals surface area contributed by atoms with Crippen molar-refractivity contribution in [2.75, 3.05) is 0 Å². The molecular formula is C18H15FN2. The van der Waals surface area contributed by atoms with Crippen LogP contribution in [0.1, 0.15) is 11.3 Å². The van der Waals surface area contributed by atoms with Crippen molar-refractivity contribution in [2.45, 2.75) is 12.8 Å². The summed E-state index contributed by atoms with van der Waals surface area (Å²) >= 11 is 0. The van der Waals surface area contributed by atoms with Gasteiger partial charge in [-0.25, -0.2) is 4.98 Å². The van der Waals surface area contributed by atoms with Crippen LogP contribution in [0.2, 0.25) is 0 Å². The molecule has 0 saturated carbocycles. The fourth-order valence-electron chi connectivity index (χ4n) is 2.38. The van der Waals surface area contributed by atoms with Crippen molar-refractivity contribution < 1.29 is 4.39 Å². The molecule has 2 nitrogen and oxygen atoms in total. The lowest BCUT2D eigenvalue weighted by atomic mass is 10.0. The van der Waals surface area contributed by atoms with E-state index in [-0.39, 0.29) is 0 Å². The smallest absolute Gasteiger partial charge is 0.213 e. The Hall–Kier alpha value is -2.55. The predicted octanol–water partition coefficient (Wildman–Crippen LogP) is 4.07. The number of aryl methyl sites for hydroxylation is 2. The summed E-state index contributed by atoms with van der Waals surface area (Å²) in [5.74, 6) is -0.467. The van der Waals surface area contributed by atoms with Crippen LogP contribution in [0.25, 0.3) is 11.1 Å². The van der Waals surface area contributed by atoms with Crippen molar-refractivity contribution >= 4 is 0 Å². The van der Waals surface area contributed by atoms with Gasteiger partial charge in [-0.1, -0.05) is 36.4 Å². The van der Waals surface area contributed by atoms with Crippen LogP contribution >= 0.6 is 0 Å². The van der Waals surface area contributed by atoms with Gasteiger partial charge in [0.25, 0.3) is 0 Å². The summed E-state index contributed by atoms with van der Waals surface area (Å²) in [6, 6.07) is 17.4. The van der Waals surface area contributed by atoms with E-state index < -0.39 is 5.95 Å². The molecule has 0 aliphatic rings. The molecule has 0 saturated heterocycles. The second kappa shape index (κ2) is 6.27. The number of halogens is 1. The second-order valence-corrected chi connectivity index (χ2v) is 4.85. The molecule has 0 amide bonds. The minimum Gasteiger partial charge on any atom is -0.261 e. The van der Waals surface area contributed by atoms with Crippen molar-refractivity contribution in [3.63, 3.8) is 0 Å². The molecule has 0 aliphatic heterocycles. The Morgan fingerprint density at radius 3 is 2.48 bits per heavy atom. The van der Waals surface area contributed by atoms with Crippen LogP contribution in [-0.2, 0) is 12.8 Å². The summed E-state index contributed by atoms with van der Waals surface area (Å²) < 4.78 is 13.3. The highest BCUT2D eigenvalue weighted by molar-refractivity contribution is 5.65. The molecule has 1 aromatic carbocycles. The SMILES string of the molecule is Fc1cc(-c2cccnc2CCc2ccccc2)ccn1. The Bertz CT molecular complexity index is 726. The molecule has 0 fully saturated rings. The minimum absolute atomic E-state index is 0.467. The molecule has 0 unspecified atom stereocenters. The maximum absolute atomic E-state index is 13.3. The van der Waals surface area contributed by atoms with E-state index in [1.54, 1.807) is 6.20 Å². The maximum atomic E-state index is 13.3. The standard InChI is InChI=1S/C18H15FN2/c19-18-13-15(10-12-21-18)16-7-4-11-20-17(16)9-8-14-5-2-1-3-6-14/h1-7,10-13H,8-9H2. The Morgan fingerprint density at radius 1 is 0.810 bits per heavy atom. The van der Waals surface area contributed by atoms with Crippen LogP contribution in [0, 0.1) is 5.95 Å². The van der Waals surface area contributed by atoms with E-state index in [1.165, 1.54) is 17.8 Å². The zero-order valence-electron chi connectivity index (χ0n) is 11.5. The van der Waals surface area contributed by atoms with Crippen molar-refractivity contribution in [1.29, 1.82) is 0 Å². The molecule has 2 aromatic heterocycles. The second-order valence-electron chi connectivity index (χ2n) is 4.85. The third-order valence-corrected chi connectivity index (χ3v) is 3.42. The first kappa shape index (κ1) is 13.4. The third kappa shape index (κ3) is 3.31.